The molecule has 0 aliphatic heterocycles. The van der Waals surface area contributed by atoms with Crippen LogP contribution >= 0.6 is 0 Å². The lowest BCUT2D eigenvalue weighted by atomic mass is 10.2. The molecule has 0 aliphatic carbocycles. The fourth-order valence-corrected chi connectivity index (χ4v) is 0.808. The molecule has 2 heteroatoms. The maximum Gasteiger partial charge on any atom is 0.132 e. The van der Waals surface area contributed by atoms with Crippen molar-refractivity contribution in [3.63, 3.8) is 0 Å². The fourth-order valence-electron chi connectivity index (χ4n) is 0.808. The maximum absolute atomic E-state index is 9.07. The first kappa shape index (κ1) is 7.35. The van der Waals surface area contributed by atoms with E-state index in [1.165, 1.54) is 0 Å². The highest BCUT2D eigenvalue weighted by atomic mass is 16.4. The third kappa shape index (κ3) is 1.21. The minimum absolute atomic E-state index is 0.493. The predicted molar refractivity (Wildman–Crippen MR) is 38.8 cm³/mol. The van der Waals surface area contributed by atoms with Gasteiger partial charge in [0.1, 0.15) is 17.6 Å². The molecule has 0 unspecified atom stereocenters. The van der Waals surface area contributed by atoms with E-state index in [2.05, 4.69) is 0 Å². The average molecular weight is 140 g/mol. The van der Waals surface area contributed by atoms with Crippen LogP contribution in [0.15, 0.2) is 10.5 Å². The quantitative estimate of drug-likeness (QED) is 0.646. The number of furan rings is 1. The summed E-state index contributed by atoms with van der Waals surface area (Å²) in [6, 6.07) is 1.86. The highest BCUT2D eigenvalue weighted by Crippen LogP contribution is 2.18. The molecule has 0 aromatic carbocycles. The van der Waals surface area contributed by atoms with Crippen LogP contribution in [0.4, 0.5) is 0 Å². The zero-order valence-corrected chi connectivity index (χ0v) is 6.51. The summed E-state index contributed by atoms with van der Waals surface area (Å²) in [6.45, 7) is 5.55. The van der Waals surface area contributed by atoms with Crippen molar-refractivity contribution in [2.75, 3.05) is 0 Å². The van der Waals surface area contributed by atoms with E-state index in [-0.39, 0.29) is 0 Å². The van der Waals surface area contributed by atoms with Crippen molar-refractivity contribution in [3.8, 4) is 0 Å². The molecular formula is C8H12O2. The SMILES string of the molecule is Cc1cc([C@H](C)O)oc1C. The molecule has 1 N–H and O–H groups in total. The van der Waals surface area contributed by atoms with Crippen LogP contribution in [-0.4, -0.2) is 5.11 Å². The Hall–Kier alpha value is -0.760. The van der Waals surface area contributed by atoms with Crippen LogP contribution in [-0.2, 0) is 0 Å². The first-order valence-corrected chi connectivity index (χ1v) is 3.36. The Morgan fingerprint density at radius 3 is 2.30 bits per heavy atom. The minimum Gasteiger partial charge on any atom is -0.463 e. The van der Waals surface area contributed by atoms with Gasteiger partial charge in [0.2, 0.25) is 0 Å². The summed E-state index contributed by atoms with van der Waals surface area (Å²) in [5, 5.41) is 9.07. The minimum atomic E-state index is -0.493. The van der Waals surface area contributed by atoms with Gasteiger partial charge in [0, 0.05) is 0 Å². The molecule has 56 valence electrons. The molecule has 0 fully saturated rings. The number of aliphatic hydroxyl groups excluding tert-OH is 1. The third-order valence-electron chi connectivity index (χ3n) is 1.60. The molecular weight excluding hydrogens is 128 g/mol. The summed E-state index contributed by atoms with van der Waals surface area (Å²) in [6.07, 6.45) is -0.493. The Morgan fingerprint density at radius 1 is 1.50 bits per heavy atom. The lowest BCUT2D eigenvalue weighted by Crippen LogP contribution is -1.85. The molecule has 1 aromatic heterocycles. The van der Waals surface area contributed by atoms with E-state index in [9.17, 15) is 0 Å². The standard InChI is InChI=1S/C8H12O2/c1-5-4-8(6(2)9)10-7(5)3/h4,6,9H,1-3H3/t6-/m0/s1. The largest absolute Gasteiger partial charge is 0.463 e. The van der Waals surface area contributed by atoms with Crippen molar-refractivity contribution in [1.82, 2.24) is 0 Å². The van der Waals surface area contributed by atoms with Crippen LogP contribution in [0.3, 0.4) is 0 Å². The van der Waals surface area contributed by atoms with E-state index in [0.717, 1.165) is 11.3 Å². The van der Waals surface area contributed by atoms with Gasteiger partial charge in [-0.25, -0.2) is 0 Å². The molecule has 0 spiro atoms. The maximum atomic E-state index is 9.07. The van der Waals surface area contributed by atoms with Crippen LogP contribution < -0.4 is 0 Å². The Morgan fingerprint density at radius 2 is 2.10 bits per heavy atom. The van der Waals surface area contributed by atoms with E-state index < -0.39 is 6.10 Å². The second kappa shape index (κ2) is 2.46. The highest BCUT2D eigenvalue weighted by Gasteiger charge is 2.07. The molecule has 10 heavy (non-hydrogen) atoms. The second-order valence-corrected chi connectivity index (χ2v) is 2.56. The Labute approximate surface area is 60.5 Å². The Kier molecular flexibility index (Phi) is 1.81. The molecule has 0 saturated heterocycles. The summed E-state index contributed by atoms with van der Waals surface area (Å²) < 4.78 is 5.23. The predicted octanol–water partition coefficient (Wildman–Crippen LogP) is 1.95. The van der Waals surface area contributed by atoms with Gasteiger partial charge >= 0.3 is 0 Å². The lowest BCUT2D eigenvalue weighted by Gasteiger charge is -1.95. The molecule has 2 nitrogen and oxygen atoms in total. The molecule has 1 rings (SSSR count). The summed E-state index contributed by atoms with van der Waals surface area (Å²) in [4.78, 5) is 0. The van der Waals surface area contributed by atoms with Gasteiger partial charge in [-0.05, 0) is 32.4 Å². The summed E-state index contributed by atoms with van der Waals surface area (Å²) in [7, 11) is 0. The van der Waals surface area contributed by atoms with Gasteiger partial charge in [-0.2, -0.15) is 0 Å². The lowest BCUT2D eigenvalue weighted by molar-refractivity contribution is 0.168. The van der Waals surface area contributed by atoms with Crippen LogP contribution in [0.2, 0.25) is 0 Å². The number of aryl methyl sites for hydroxylation is 2. The van der Waals surface area contributed by atoms with Crippen molar-refractivity contribution in [2.24, 2.45) is 0 Å². The topological polar surface area (TPSA) is 33.4 Å². The van der Waals surface area contributed by atoms with Crippen molar-refractivity contribution in [2.45, 2.75) is 26.9 Å². The fraction of sp³-hybridized carbons (Fsp3) is 0.500. The van der Waals surface area contributed by atoms with Gasteiger partial charge in [-0.1, -0.05) is 0 Å². The van der Waals surface area contributed by atoms with Crippen molar-refractivity contribution < 1.29 is 9.52 Å². The first-order valence-electron chi connectivity index (χ1n) is 3.36. The van der Waals surface area contributed by atoms with Crippen molar-refractivity contribution in [3.05, 3.63) is 23.2 Å². The smallest absolute Gasteiger partial charge is 0.132 e. The van der Waals surface area contributed by atoms with Crippen LogP contribution in [0, 0.1) is 13.8 Å². The van der Waals surface area contributed by atoms with Crippen molar-refractivity contribution >= 4 is 0 Å². The molecule has 0 aliphatic rings. The zero-order valence-electron chi connectivity index (χ0n) is 6.51. The van der Waals surface area contributed by atoms with Gasteiger partial charge in [-0.3, -0.25) is 0 Å². The van der Waals surface area contributed by atoms with Gasteiger partial charge in [0.15, 0.2) is 0 Å². The molecule has 1 aromatic rings. The van der Waals surface area contributed by atoms with E-state index in [1.807, 2.05) is 19.9 Å². The summed E-state index contributed by atoms with van der Waals surface area (Å²) in [5.74, 6) is 1.53. The average Bonchev–Trinajstić information content (AvgIpc) is 2.13. The van der Waals surface area contributed by atoms with E-state index in [0.29, 0.717) is 5.76 Å². The van der Waals surface area contributed by atoms with Gasteiger partial charge < -0.3 is 9.52 Å². The number of hydrogen-bond acceptors (Lipinski definition) is 2. The normalized spacial score (nSPS) is 13.6. The van der Waals surface area contributed by atoms with E-state index >= 15 is 0 Å². The second-order valence-electron chi connectivity index (χ2n) is 2.56. The summed E-state index contributed by atoms with van der Waals surface area (Å²) >= 11 is 0. The monoisotopic (exact) mass is 140 g/mol. The van der Waals surface area contributed by atoms with Gasteiger partial charge in [0.05, 0.1) is 0 Å². The van der Waals surface area contributed by atoms with E-state index in [1.54, 1.807) is 6.92 Å². The first-order chi connectivity index (χ1) is 4.61. The molecule has 0 radical (unpaired) electrons. The third-order valence-corrected chi connectivity index (χ3v) is 1.60. The molecule has 1 heterocycles. The Bertz CT molecular complexity index is 204. The highest BCUT2D eigenvalue weighted by molar-refractivity contribution is 5.19. The van der Waals surface area contributed by atoms with Gasteiger partial charge in [0.25, 0.3) is 0 Å². The van der Waals surface area contributed by atoms with Gasteiger partial charge in [-0.15, -0.1) is 0 Å². The number of rotatable bonds is 1. The van der Waals surface area contributed by atoms with Crippen LogP contribution in [0.1, 0.15) is 30.1 Å². The number of aliphatic hydroxyl groups is 1. The summed E-state index contributed by atoms with van der Waals surface area (Å²) in [5.41, 5.74) is 1.09. The molecule has 0 amide bonds. The molecule has 0 bridgehead atoms. The van der Waals surface area contributed by atoms with Crippen LogP contribution in [0.5, 0.6) is 0 Å². The molecule has 1 atom stereocenters. The van der Waals surface area contributed by atoms with E-state index in [4.69, 9.17) is 9.52 Å². The zero-order chi connectivity index (χ0) is 7.72. The van der Waals surface area contributed by atoms with Crippen LogP contribution in [0.25, 0.3) is 0 Å². The number of hydrogen-bond donors (Lipinski definition) is 1. The van der Waals surface area contributed by atoms with Crippen molar-refractivity contribution in [1.29, 1.82) is 0 Å². The Balaban J connectivity index is 2.98. The molecule has 0 saturated carbocycles.